The highest BCUT2D eigenvalue weighted by molar-refractivity contribution is 5.71. The molecule has 6 heteroatoms. The molecule has 0 heterocycles. The van der Waals surface area contributed by atoms with Crippen molar-refractivity contribution in [3.8, 4) is 0 Å². The maximum atomic E-state index is 12.7. The van der Waals surface area contributed by atoms with Gasteiger partial charge in [-0.1, -0.05) is 243 Å². The van der Waals surface area contributed by atoms with Crippen molar-refractivity contribution in [2.75, 3.05) is 13.2 Å². The molecule has 0 amide bonds. The molecule has 0 aromatic carbocycles. The molecule has 0 radical (unpaired) electrons. The van der Waals surface area contributed by atoms with E-state index < -0.39 is 6.10 Å². The first-order chi connectivity index (χ1) is 30.5. The van der Waals surface area contributed by atoms with E-state index >= 15 is 0 Å². The van der Waals surface area contributed by atoms with Gasteiger partial charge in [0, 0.05) is 19.3 Å². The Morgan fingerprint density at radius 1 is 0.323 bits per heavy atom. The highest BCUT2D eigenvalue weighted by Crippen LogP contribution is 2.16. The maximum absolute atomic E-state index is 12.7. The lowest BCUT2D eigenvalue weighted by Crippen LogP contribution is -2.30. The lowest BCUT2D eigenvalue weighted by molar-refractivity contribution is -0.167. The Labute approximate surface area is 385 Å². The maximum Gasteiger partial charge on any atom is 0.306 e. The standard InChI is InChI=1S/C56H102O6/c1-4-7-10-13-16-18-19-20-21-22-23-24-25-26-27-28-29-30-31-32-33-34-35-36-37-39-40-43-46-49-55(58)61-52-53(51-60-54(57)48-45-42-15-12-9-6-3)62-56(59)50-47-44-41-38-17-14-11-8-5-2/h19-20,22-23,25-26,53H,4-18,21,24,27-52H2,1-3H3/b20-19-,23-22-,26-25-. The fourth-order valence-corrected chi connectivity index (χ4v) is 7.80. The molecule has 0 aliphatic carbocycles. The molecule has 0 fully saturated rings. The summed E-state index contributed by atoms with van der Waals surface area (Å²) in [6.45, 7) is 6.56. The summed E-state index contributed by atoms with van der Waals surface area (Å²) in [7, 11) is 0. The summed E-state index contributed by atoms with van der Waals surface area (Å²) in [6.07, 6.45) is 60.4. The van der Waals surface area contributed by atoms with E-state index in [1.54, 1.807) is 0 Å². The van der Waals surface area contributed by atoms with Crippen LogP contribution >= 0.6 is 0 Å². The topological polar surface area (TPSA) is 78.9 Å². The molecular weight excluding hydrogens is 769 g/mol. The van der Waals surface area contributed by atoms with E-state index in [0.29, 0.717) is 19.3 Å². The number of hydrogen-bond acceptors (Lipinski definition) is 6. The molecule has 1 atom stereocenters. The van der Waals surface area contributed by atoms with Gasteiger partial charge in [-0.2, -0.15) is 0 Å². The Hall–Kier alpha value is -2.37. The molecule has 0 aromatic rings. The van der Waals surface area contributed by atoms with Crippen LogP contribution in [0.1, 0.15) is 284 Å². The summed E-state index contributed by atoms with van der Waals surface area (Å²) in [6, 6.07) is 0. The normalized spacial score (nSPS) is 12.2. The average molecular weight is 871 g/mol. The lowest BCUT2D eigenvalue weighted by atomic mass is 10.0. The first-order valence-corrected chi connectivity index (χ1v) is 27.0. The van der Waals surface area contributed by atoms with E-state index in [1.165, 1.54) is 173 Å². The molecule has 0 bridgehead atoms. The molecule has 0 rings (SSSR count). The third-order valence-corrected chi connectivity index (χ3v) is 11.9. The van der Waals surface area contributed by atoms with Crippen molar-refractivity contribution in [2.45, 2.75) is 290 Å². The zero-order valence-corrected chi connectivity index (χ0v) is 41.4. The summed E-state index contributed by atoms with van der Waals surface area (Å²) >= 11 is 0. The van der Waals surface area contributed by atoms with E-state index in [0.717, 1.165) is 70.6 Å². The molecule has 0 aromatic heterocycles. The van der Waals surface area contributed by atoms with Gasteiger partial charge in [0.1, 0.15) is 13.2 Å². The predicted octanol–water partition coefficient (Wildman–Crippen LogP) is 17.7. The third kappa shape index (κ3) is 48.7. The molecule has 0 aliphatic heterocycles. The average Bonchev–Trinajstić information content (AvgIpc) is 3.27. The lowest BCUT2D eigenvalue weighted by Gasteiger charge is -2.18. The zero-order chi connectivity index (χ0) is 45.1. The number of hydrogen-bond donors (Lipinski definition) is 0. The first-order valence-electron chi connectivity index (χ1n) is 27.0. The van der Waals surface area contributed by atoms with Gasteiger partial charge in [-0.25, -0.2) is 0 Å². The van der Waals surface area contributed by atoms with Gasteiger partial charge in [0.25, 0.3) is 0 Å². The Balaban J connectivity index is 3.94. The van der Waals surface area contributed by atoms with Crippen LogP contribution in [-0.4, -0.2) is 37.2 Å². The number of carbonyl (C=O) groups excluding carboxylic acids is 3. The minimum Gasteiger partial charge on any atom is -0.462 e. The molecule has 0 saturated carbocycles. The smallest absolute Gasteiger partial charge is 0.306 e. The van der Waals surface area contributed by atoms with Gasteiger partial charge < -0.3 is 14.2 Å². The molecule has 362 valence electrons. The van der Waals surface area contributed by atoms with Crippen molar-refractivity contribution in [1.29, 1.82) is 0 Å². The van der Waals surface area contributed by atoms with E-state index in [1.807, 2.05) is 0 Å². The van der Waals surface area contributed by atoms with Crippen LogP contribution in [0.15, 0.2) is 36.5 Å². The van der Waals surface area contributed by atoms with Crippen LogP contribution in [-0.2, 0) is 28.6 Å². The summed E-state index contributed by atoms with van der Waals surface area (Å²) in [5.74, 6) is -0.873. The summed E-state index contributed by atoms with van der Waals surface area (Å²) < 4.78 is 16.7. The highest BCUT2D eigenvalue weighted by atomic mass is 16.6. The molecule has 0 saturated heterocycles. The zero-order valence-electron chi connectivity index (χ0n) is 41.4. The largest absolute Gasteiger partial charge is 0.462 e. The second kappa shape index (κ2) is 51.3. The van der Waals surface area contributed by atoms with Crippen LogP contribution in [0.4, 0.5) is 0 Å². The van der Waals surface area contributed by atoms with Crippen molar-refractivity contribution >= 4 is 17.9 Å². The molecule has 6 nitrogen and oxygen atoms in total. The second-order valence-electron chi connectivity index (χ2n) is 18.2. The van der Waals surface area contributed by atoms with E-state index in [9.17, 15) is 14.4 Å². The minimum absolute atomic E-state index is 0.0689. The Morgan fingerprint density at radius 3 is 0.903 bits per heavy atom. The molecule has 0 spiro atoms. The first kappa shape index (κ1) is 59.6. The van der Waals surface area contributed by atoms with Crippen LogP contribution in [0.5, 0.6) is 0 Å². The van der Waals surface area contributed by atoms with E-state index in [-0.39, 0.29) is 31.1 Å². The van der Waals surface area contributed by atoms with E-state index in [2.05, 4.69) is 57.2 Å². The van der Waals surface area contributed by atoms with Crippen LogP contribution < -0.4 is 0 Å². The summed E-state index contributed by atoms with van der Waals surface area (Å²) in [5, 5.41) is 0. The number of unbranched alkanes of at least 4 members (excludes halogenated alkanes) is 32. The second-order valence-corrected chi connectivity index (χ2v) is 18.2. The van der Waals surface area contributed by atoms with Crippen molar-refractivity contribution in [2.24, 2.45) is 0 Å². The summed E-state index contributed by atoms with van der Waals surface area (Å²) in [4.78, 5) is 37.6. The molecule has 0 N–H and O–H groups in total. The van der Waals surface area contributed by atoms with Crippen molar-refractivity contribution in [3.05, 3.63) is 36.5 Å². The van der Waals surface area contributed by atoms with Crippen molar-refractivity contribution in [3.63, 3.8) is 0 Å². The van der Waals surface area contributed by atoms with Crippen molar-refractivity contribution < 1.29 is 28.6 Å². The van der Waals surface area contributed by atoms with Gasteiger partial charge in [-0.3, -0.25) is 14.4 Å². The Bertz CT molecular complexity index is 1050. The molecule has 62 heavy (non-hydrogen) atoms. The number of ether oxygens (including phenoxy) is 3. The Kier molecular flexibility index (Phi) is 49.3. The fourth-order valence-electron chi connectivity index (χ4n) is 7.80. The van der Waals surface area contributed by atoms with Gasteiger partial charge >= 0.3 is 17.9 Å². The van der Waals surface area contributed by atoms with Crippen LogP contribution in [0.2, 0.25) is 0 Å². The number of carbonyl (C=O) groups is 3. The van der Waals surface area contributed by atoms with Crippen molar-refractivity contribution in [1.82, 2.24) is 0 Å². The minimum atomic E-state index is -0.763. The quantitative estimate of drug-likeness (QED) is 0.0262. The SMILES string of the molecule is CCCCCCC/C=C\C/C=C\C/C=C\CCCCCCCCCCCCCCCCC(=O)OCC(COC(=O)CCCCCCCC)OC(=O)CCCCCCCCCCC. The van der Waals surface area contributed by atoms with Gasteiger partial charge in [-0.15, -0.1) is 0 Å². The van der Waals surface area contributed by atoms with Crippen LogP contribution in [0.25, 0.3) is 0 Å². The molecular formula is C56H102O6. The number of esters is 3. The molecule has 0 aliphatic rings. The number of allylic oxidation sites excluding steroid dienone is 6. The van der Waals surface area contributed by atoms with Gasteiger partial charge in [0.15, 0.2) is 6.10 Å². The monoisotopic (exact) mass is 871 g/mol. The Morgan fingerprint density at radius 2 is 0.581 bits per heavy atom. The molecule has 1 unspecified atom stereocenters. The van der Waals surface area contributed by atoms with Gasteiger partial charge in [-0.05, 0) is 57.8 Å². The van der Waals surface area contributed by atoms with Crippen LogP contribution in [0.3, 0.4) is 0 Å². The fraction of sp³-hybridized carbons (Fsp3) is 0.839. The van der Waals surface area contributed by atoms with Crippen LogP contribution in [0, 0.1) is 0 Å². The summed E-state index contributed by atoms with van der Waals surface area (Å²) in [5.41, 5.74) is 0. The number of rotatable bonds is 49. The highest BCUT2D eigenvalue weighted by Gasteiger charge is 2.19. The van der Waals surface area contributed by atoms with Gasteiger partial charge in [0.05, 0.1) is 0 Å². The third-order valence-electron chi connectivity index (χ3n) is 11.9. The predicted molar refractivity (Wildman–Crippen MR) is 266 cm³/mol. The van der Waals surface area contributed by atoms with E-state index in [4.69, 9.17) is 14.2 Å². The van der Waals surface area contributed by atoms with Gasteiger partial charge in [0.2, 0.25) is 0 Å².